The molecular formula is C24H24N2O3S. The molecule has 0 saturated carbocycles. The maximum absolute atomic E-state index is 12.3. The van der Waals surface area contributed by atoms with Crippen LogP contribution in [-0.2, 0) is 4.74 Å². The molecule has 2 aromatic carbocycles. The van der Waals surface area contributed by atoms with Crippen LogP contribution in [0.4, 0.5) is 0 Å². The van der Waals surface area contributed by atoms with Crippen molar-refractivity contribution in [1.82, 2.24) is 10.6 Å². The first-order chi connectivity index (χ1) is 14.5. The summed E-state index contributed by atoms with van der Waals surface area (Å²) in [7, 11) is 1.54. The van der Waals surface area contributed by atoms with E-state index in [2.05, 4.69) is 23.8 Å². The van der Waals surface area contributed by atoms with Crippen LogP contribution in [0.25, 0.3) is 15.7 Å². The fraction of sp³-hybridized carbons (Fsp3) is 0.167. The first-order valence-corrected chi connectivity index (χ1v) is 10.4. The van der Waals surface area contributed by atoms with Crippen LogP contribution < -0.4 is 10.6 Å². The van der Waals surface area contributed by atoms with Gasteiger partial charge < -0.3 is 15.4 Å². The van der Waals surface area contributed by atoms with Gasteiger partial charge in [-0.15, -0.1) is 11.3 Å². The minimum Gasteiger partial charge on any atom is -0.497 e. The minimum absolute atomic E-state index is 0.0870. The quantitative estimate of drug-likeness (QED) is 0.301. The van der Waals surface area contributed by atoms with Crippen LogP contribution in [0.2, 0.25) is 0 Å². The second-order valence-corrected chi connectivity index (χ2v) is 7.78. The van der Waals surface area contributed by atoms with Gasteiger partial charge in [0.25, 0.3) is 11.8 Å². The smallest absolute Gasteiger partial charge is 0.261 e. The first-order valence-electron chi connectivity index (χ1n) is 9.57. The van der Waals surface area contributed by atoms with Crippen molar-refractivity contribution in [3.8, 4) is 0 Å². The molecule has 2 N–H and O–H groups in total. The molecule has 1 heterocycles. The molecule has 3 aromatic rings. The number of methoxy groups -OCH3 is 1. The molecule has 0 aliphatic heterocycles. The van der Waals surface area contributed by atoms with Gasteiger partial charge in [-0.25, -0.2) is 0 Å². The number of nitrogens with one attached hydrogen (secondary N) is 2. The Morgan fingerprint density at radius 1 is 0.933 bits per heavy atom. The van der Waals surface area contributed by atoms with E-state index in [-0.39, 0.29) is 11.8 Å². The Balaban J connectivity index is 1.41. The second kappa shape index (κ2) is 9.89. The Bertz CT molecular complexity index is 1050. The molecule has 0 fully saturated rings. The van der Waals surface area contributed by atoms with E-state index >= 15 is 0 Å². The number of amides is 2. The lowest BCUT2D eigenvalue weighted by molar-refractivity contribution is 0.0953. The van der Waals surface area contributed by atoms with Crippen molar-refractivity contribution in [3.63, 3.8) is 0 Å². The molecule has 0 aliphatic rings. The van der Waals surface area contributed by atoms with E-state index in [1.807, 2.05) is 42.5 Å². The van der Waals surface area contributed by atoms with E-state index in [0.29, 0.717) is 41.3 Å². The summed E-state index contributed by atoms with van der Waals surface area (Å²) in [6.07, 6.45) is 0.644. The molecule has 0 aliphatic carbocycles. The van der Waals surface area contributed by atoms with E-state index in [9.17, 15) is 9.59 Å². The average molecular weight is 421 g/mol. The Hall–Kier alpha value is -3.38. The summed E-state index contributed by atoms with van der Waals surface area (Å²) < 4.78 is 6.17. The normalized spacial score (nSPS) is 10.4. The Morgan fingerprint density at radius 3 is 2.23 bits per heavy atom. The number of allylic oxidation sites excluding steroid dienone is 1. The van der Waals surface area contributed by atoms with Crippen LogP contribution in [0.15, 0.2) is 73.5 Å². The van der Waals surface area contributed by atoms with Gasteiger partial charge in [0.15, 0.2) is 0 Å². The minimum atomic E-state index is -0.159. The Morgan fingerprint density at radius 2 is 1.57 bits per heavy atom. The fourth-order valence-corrected chi connectivity index (χ4v) is 3.86. The zero-order valence-electron chi connectivity index (χ0n) is 16.9. The highest BCUT2D eigenvalue weighted by Gasteiger charge is 2.10. The van der Waals surface area contributed by atoms with Crippen molar-refractivity contribution < 1.29 is 14.3 Å². The molecule has 30 heavy (non-hydrogen) atoms. The van der Waals surface area contributed by atoms with Gasteiger partial charge in [-0.05, 0) is 41.6 Å². The third-order valence-electron chi connectivity index (χ3n) is 4.65. The molecule has 0 unspecified atom stereocenters. The highest BCUT2D eigenvalue weighted by molar-refractivity contribution is 7.20. The summed E-state index contributed by atoms with van der Waals surface area (Å²) in [5.41, 5.74) is 2.09. The average Bonchev–Trinajstić information content (AvgIpc) is 3.22. The highest BCUT2D eigenvalue weighted by Crippen LogP contribution is 2.25. The van der Waals surface area contributed by atoms with Crippen LogP contribution in [0.5, 0.6) is 0 Å². The molecule has 0 atom stereocenters. The van der Waals surface area contributed by atoms with E-state index < -0.39 is 0 Å². The number of thiophene rings is 1. The lowest BCUT2D eigenvalue weighted by Gasteiger charge is -2.09. The number of rotatable bonds is 9. The molecular weight excluding hydrogens is 396 g/mol. The van der Waals surface area contributed by atoms with Crippen LogP contribution in [0.3, 0.4) is 0 Å². The molecule has 0 saturated heterocycles. The molecule has 154 valence electrons. The van der Waals surface area contributed by atoms with Crippen molar-refractivity contribution in [2.45, 2.75) is 6.42 Å². The van der Waals surface area contributed by atoms with E-state index in [1.54, 1.807) is 19.2 Å². The molecule has 0 spiro atoms. The summed E-state index contributed by atoms with van der Waals surface area (Å²) >= 11 is 1.48. The largest absolute Gasteiger partial charge is 0.497 e. The monoisotopic (exact) mass is 420 g/mol. The van der Waals surface area contributed by atoms with Gasteiger partial charge in [0.2, 0.25) is 0 Å². The zero-order chi connectivity index (χ0) is 21.5. The van der Waals surface area contributed by atoms with Crippen LogP contribution >= 0.6 is 11.3 Å². The van der Waals surface area contributed by atoms with Crippen molar-refractivity contribution in [1.29, 1.82) is 0 Å². The van der Waals surface area contributed by atoms with Crippen molar-refractivity contribution in [2.24, 2.45) is 0 Å². The van der Waals surface area contributed by atoms with Gasteiger partial charge in [0.1, 0.15) is 5.76 Å². The summed E-state index contributed by atoms with van der Waals surface area (Å²) in [5, 5.41) is 6.83. The number of hydrogen-bond acceptors (Lipinski definition) is 4. The van der Waals surface area contributed by atoms with Gasteiger partial charge in [0.05, 0.1) is 12.0 Å². The Kier molecular flexibility index (Phi) is 7.03. The predicted octanol–water partition coefficient (Wildman–Crippen LogP) is 4.62. The van der Waals surface area contributed by atoms with Crippen LogP contribution in [0.1, 0.15) is 32.0 Å². The number of benzene rings is 2. The maximum Gasteiger partial charge on any atom is 0.261 e. The number of hydrogen-bond donors (Lipinski definition) is 2. The molecule has 2 amide bonds. The molecule has 5 nitrogen and oxygen atoms in total. The van der Waals surface area contributed by atoms with Gasteiger partial charge in [0, 0.05) is 28.9 Å². The van der Waals surface area contributed by atoms with E-state index in [1.165, 1.54) is 11.3 Å². The lowest BCUT2D eigenvalue weighted by atomic mass is 10.0. The summed E-state index contributed by atoms with van der Waals surface area (Å²) in [6.45, 7) is 8.67. The molecule has 3 rings (SSSR count). The van der Waals surface area contributed by atoms with Crippen LogP contribution in [-0.4, -0.2) is 32.0 Å². The van der Waals surface area contributed by atoms with Gasteiger partial charge >= 0.3 is 0 Å². The summed E-state index contributed by atoms with van der Waals surface area (Å²) in [4.78, 5) is 25.2. The molecule has 1 aromatic heterocycles. The molecule has 6 heteroatoms. The number of fused-ring (bicyclic) bond motifs is 1. The van der Waals surface area contributed by atoms with Crippen molar-refractivity contribution >= 4 is 38.8 Å². The summed E-state index contributed by atoms with van der Waals surface area (Å²) in [6, 6.07) is 16.9. The zero-order valence-corrected chi connectivity index (χ0v) is 17.7. The van der Waals surface area contributed by atoms with Gasteiger partial charge in [-0.2, -0.15) is 0 Å². The number of carbonyl (C=O) groups is 2. The van der Waals surface area contributed by atoms with Crippen LogP contribution in [0, 0.1) is 0 Å². The predicted molar refractivity (Wildman–Crippen MR) is 123 cm³/mol. The molecule has 0 radical (unpaired) electrons. The summed E-state index contributed by atoms with van der Waals surface area (Å²) in [5.74, 6) is 0.245. The number of carbonyl (C=O) groups excluding carboxylic acids is 2. The standard InChI is InChI=1S/C24H24N2O3S/c1-16(17(2)29-3)18-9-11-19(12-10-18)23(27)25-13-6-14-26-24(28)22-15-20-7-4-5-8-21(20)30-22/h4-5,7-12,15H,1-2,6,13-14H2,3H3,(H,25,27)(H,26,28). The Labute approximate surface area is 180 Å². The van der Waals surface area contributed by atoms with Gasteiger partial charge in [-0.3, -0.25) is 9.59 Å². The topological polar surface area (TPSA) is 67.4 Å². The third kappa shape index (κ3) is 5.15. The maximum atomic E-state index is 12.3. The lowest BCUT2D eigenvalue weighted by Crippen LogP contribution is -2.29. The van der Waals surface area contributed by atoms with E-state index in [4.69, 9.17) is 4.74 Å². The van der Waals surface area contributed by atoms with E-state index in [0.717, 1.165) is 15.6 Å². The first kappa shape index (κ1) is 21.3. The number of ether oxygens (including phenoxy) is 1. The SMILES string of the molecule is C=C(OC)C(=C)c1ccc(C(=O)NCCCNC(=O)c2cc3ccccc3s2)cc1. The highest BCUT2D eigenvalue weighted by atomic mass is 32.1. The van der Waals surface area contributed by atoms with Crippen molar-refractivity contribution in [3.05, 3.63) is 89.5 Å². The second-order valence-electron chi connectivity index (χ2n) is 6.70. The fourth-order valence-electron chi connectivity index (χ4n) is 2.88. The third-order valence-corrected chi connectivity index (χ3v) is 5.77. The van der Waals surface area contributed by atoms with Gasteiger partial charge in [-0.1, -0.05) is 43.5 Å². The molecule has 0 bridgehead atoms. The van der Waals surface area contributed by atoms with Crippen molar-refractivity contribution in [2.75, 3.05) is 20.2 Å².